The molecule has 0 aliphatic carbocycles. The van der Waals surface area contributed by atoms with Gasteiger partial charge in [0.25, 0.3) is 0 Å². The molecule has 248 valence electrons. The molecule has 3 aromatic carbocycles. The molecule has 6 aromatic rings. The van der Waals surface area contributed by atoms with Crippen molar-refractivity contribution < 1.29 is 14.2 Å². The lowest BCUT2D eigenvalue weighted by Crippen LogP contribution is -2.32. The van der Waals surface area contributed by atoms with Gasteiger partial charge in [0.1, 0.15) is 17.2 Å². The number of aromatic nitrogens is 3. The summed E-state index contributed by atoms with van der Waals surface area (Å²) in [6.07, 6.45) is 7.19. The summed E-state index contributed by atoms with van der Waals surface area (Å²) in [5.41, 5.74) is 6.79. The van der Waals surface area contributed by atoms with E-state index in [9.17, 15) is 0 Å². The van der Waals surface area contributed by atoms with Gasteiger partial charge in [-0.25, -0.2) is 4.98 Å². The molecule has 3 aromatic heterocycles. The predicted octanol–water partition coefficient (Wildman–Crippen LogP) is 7.95. The standard InChI is InChI=1S/3C13H12N2O.CH4/c1-2-6-12(7-3-1)15-9-11-5-4-8-14-13(11)16-10-15;1-2-5-11(6-3-1)15-9-12-13(16-10-15)7-4-8-14-12;1-2-4-12(5-3-1)15-9-11-8-14-7-6-13(11)16-10-15;/h3*1-8H,9-10H2;1H4. The second-order valence-corrected chi connectivity index (χ2v) is 11.3. The molecule has 0 atom stereocenters. The van der Waals surface area contributed by atoms with Crippen molar-refractivity contribution in [2.75, 3.05) is 34.9 Å². The molecule has 0 amide bonds. The van der Waals surface area contributed by atoms with Crippen LogP contribution < -0.4 is 28.9 Å². The van der Waals surface area contributed by atoms with Crippen molar-refractivity contribution in [2.45, 2.75) is 27.1 Å². The highest BCUT2D eigenvalue weighted by Gasteiger charge is 2.19. The van der Waals surface area contributed by atoms with Crippen molar-refractivity contribution in [3.05, 3.63) is 163 Å². The Morgan fingerprint density at radius 3 is 1.63 bits per heavy atom. The number of rotatable bonds is 3. The lowest BCUT2D eigenvalue weighted by Gasteiger charge is -2.30. The number of hydrogen-bond donors (Lipinski definition) is 0. The van der Waals surface area contributed by atoms with E-state index in [-0.39, 0.29) is 7.43 Å². The Bertz CT molecular complexity index is 1670. The van der Waals surface area contributed by atoms with Gasteiger partial charge in [-0.1, -0.05) is 68.1 Å². The quantitative estimate of drug-likeness (QED) is 0.189. The monoisotopic (exact) mass is 652 g/mol. The van der Waals surface area contributed by atoms with Crippen LogP contribution in [0.15, 0.2) is 146 Å². The third-order valence-corrected chi connectivity index (χ3v) is 8.09. The summed E-state index contributed by atoms with van der Waals surface area (Å²) in [5.74, 6) is 2.60. The highest BCUT2D eigenvalue weighted by Crippen LogP contribution is 2.28. The second kappa shape index (κ2) is 16.1. The van der Waals surface area contributed by atoms with Crippen LogP contribution in [0.3, 0.4) is 0 Å². The number of ether oxygens (including phenoxy) is 3. The summed E-state index contributed by atoms with van der Waals surface area (Å²) in [6, 6.07) is 40.5. The summed E-state index contributed by atoms with van der Waals surface area (Å²) in [6.45, 7) is 4.26. The van der Waals surface area contributed by atoms with E-state index in [1.807, 2.05) is 85.1 Å². The molecular weight excluding hydrogens is 612 g/mol. The molecule has 0 saturated carbocycles. The predicted molar refractivity (Wildman–Crippen MR) is 194 cm³/mol. The van der Waals surface area contributed by atoms with Gasteiger partial charge in [0.05, 0.1) is 19.6 Å². The minimum Gasteiger partial charge on any atom is -0.473 e. The molecule has 3 aliphatic heterocycles. The number of nitrogens with zero attached hydrogens (tertiary/aromatic N) is 6. The molecule has 3 aliphatic rings. The van der Waals surface area contributed by atoms with Crippen LogP contribution in [0.2, 0.25) is 0 Å². The number of hydrogen-bond acceptors (Lipinski definition) is 9. The topological polar surface area (TPSA) is 76.1 Å². The Hall–Kier alpha value is -6.09. The molecule has 9 heteroatoms. The minimum absolute atomic E-state index is 0. The van der Waals surface area contributed by atoms with Crippen LogP contribution in [-0.2, 0) is 19.6 Å². The fraction of sp³-hybridized carbons (Fsp3) is 0.175. The Morgan fingerprint density at radius 2 is 0.980 bits per heavy atom. The summed E-state index contributed by atoms with van der Waals surface area (Å²) < 4.78 is 16.9. The normalized spacial score (nSPS) is 13.8. The van der Waals surface area contributed by atoms with E-state index < -0.39 is 0 Å². The lowest BCUT2D eigenvalue weighted by atomic mass is 10.2. The molecule has 0 spiro atoms. The summed E-state index contributed by atoms with van der Waals surface area (Å²) >= 11 is 0. The van der Waals surface area contributed by atoms with E-state index in [1.165, 1.54) is 17.1 Å². The first-order chi connectivity index (χ1) is 23.8. The lowest BCUT2D eigenvalue weighted by molar-refractivity contribution is 0.277. The van der Waals surface area contributed by atoms with Crippen LogP contribution in [0.5, 0.6) is 17.4 Å². The summed E-state index contributed by atoms with van der Waals surface area (Å²) in [5, 5.41) is 0. The van der Waals surface area contributed by atoms with E-state index >= 15 is 0 Å². The third-order valence-electron chi connectivity index (χ3n) is 8.09. The first kappa shape index (κ1) is 32.8. The first-order valence-corrected chi connectivity index (χ1v) is 15.9. The molecule has 0 saturated heterocycles. The molecule has 0 N–H and O–H groups in total. The zero-order chi connectivity index (χ0) is 32.4. The first-order valence-electron chi connectivity index (χ1n) is 15.9. The van der Waals surface area contributed by atoms with Crippen molar-refractivity contribution in [2.24, 2.45) is 0 Å². The Balaban J connectivity index is 0.000000126. The molecule has 0 unspecified atom stereocenters. The second-order valence-electron chi connectivity index (χ2n) is 11.3. The third kappa shape index (κ3) is 8.26. The van der Waals surface area contributed by atoms with E-state index in [0.717, 1.165) is 53.8 Å². The molecule has 0 radical (unpaired) electrons. The van der Waals surface area contributed by atoms with Gasteiger partial charge < -0.3 is 28.9 Å². The van der Waals surface area contributed by atoms with Crippen molar-refractivity contribution >= 4 is 17.1 Å². The molecule has 0 fully saturated rings. The van der Waals surface area contributed by atoms with Crippen molar-refractivity contribution in [3.8, 4) is 17.4 Å². The van der Waals surface area contributed by atoms with E-state index in [1.54, 1.807) is 18.6 Å². The molecule has 6 heterocycles. The molecule has 0 bridgehead atoms. The van der Waals surface area contributed by atoms with Gasteiger partial charge in [0.15, 0.2) is 20.2 Å². The molecule has 9 nitrogen and oxygen atoms in total. The zero-order valence-corrected chi connectivity index (χ0v) is 26.5. The number of fused-ring (bicyclic) bond motifs is 3. The summed E-state index contributed by atoms with van der Waals surface area (Å²) in [4.78, 5) is 19.2. The highest BCUT2D eigenvalue weighted by molar-refractivity contribution is 5.50. The Kier molecular flexibility index (Phi) is 10.8. The highest BCUT2D eigenvalue weighted by atomic mass is 16.5. The van der Waals surface area contributed by atoms with Gasteiger partial charge in [0, 0.05) is 53.0 Å². The maximum absolute atomic E-state index is 5.68. The smallest absolute Gasteiger partial charge is 0.220 e. The van der Waals surface area contributed by atoms with E-state index in [2.05, 4.69) is 72.1 Å². The van der Waals surface area contributed by atoms with Gasteiger partial charge in [-0.05, 0) is 60.7 Å². The van der Waals surface area contributed by atoms with Crippen LogP contribution in [0.25, 0.3) is 0 Å². The average molecular weight is 653 g/mol. The Morgan fingerprint density at radius 1 is 0.449 bits per heavy atom. The minimum atomic E-state index is 0. The van der Waals surface area contributed by atoms with Gasteiger partial charge in [0.2, 0.25) is 5.88 Å². The van der Waals surface area contributed by atoms with Crippen LogP contribution in [0.4, 0.5) is 17.1 Å². The number of pyridine rings is 3. The van der Waals surface area contributed by atoms with Crippen LogP contribution in [0, 0.1) is 0 Å². The molecular formula is C40H40N6O3. The fourth-order valence-electron chi connectivity index (χ4n) is 5.60. The number of benzene rings is 3. The SMILES string of the molecule is C.c1ccc(N2COc3cccnc3C2)cc1.c1ccc(N2COc3ccncc3C2)cc1.c1ccc(N2COc3ncccc3C2)cc1. The zero-order valence-electron chi connectivity index (χ0n) is 26.5. The van der Waals surface area contributed by atoms with Gasteiger partial charge in [-0.15, -0.1) is 0 Å². The van der Waals surface area contributed by atoms with Crippen molar-refractivity contribution in [1.82, 2.24) is 15.0 Å². The molecule has 49 heavy (non-hydrogen) atoms. The van der Waals surface area contributed by atoms with Gasteiger partial charge in [-0.3, -0.25) is 9.97 Å². The fourth-order valence-corrected chi connectivity index (χ4v) is 5.60. The van der Waals surface area contributed by atoms with Crippen LogP contribution in [0.1, 0.15) is 24.2 Å². The number of anilines is 3. The summed E-state index contributed by atoms with van der Waals surface area (Å²) in [7, 11) is 0. The average Bonchev–Trinajstić information content (AvgIpc) is 3.19. The van der Waals surface area contributed by atoms with Crippen molar-refractivity contribution in [1.29, 1.82) is 0 Å². The van der Waals surface area contributed by atoms with Gasteiger partial charge >= 0.3 is 0 Å². The van der Waals surface area contributed by atoms with Crippen molar-refractivity contribution in [3.63, 3.8) is 0 Å². The Labute approximate surface area is 288 Å². The maximum Gasteiger partial charge on any atom is 0.220 e. The van der Waals surface area contributed by atoms with E-state index in [0.29, 0.717) is 20.2 Å². The van der Waals surface area contributed by atoms with Gasteiger partial charge in [-0.2, -0.15) is 0 Å². The molecule has 9 rings (SSSR count). The largest absolute Gasteiger partial charge is 0.473 e. The van der Waals surface area contributed by atoms with Crippen LogP contribution >= 0.6 is 0 Å². The van der Waals surface area contributed by atoms with E-state index in [4.69, 9.17) is 14.2 Å². The maximum atomic E-state index is 5.68. The number of para-hydroxylation sites is 3. The van der Waals surface area contributed by atoms with Crippen LogP contribution in [-0.4, -0.2) is 35.1 Å².